The van der Waals surface area contributed by atoms with Crippen molar-refractivity contribution >= 4 is 22.9 Å². The molecule has 236 valence electrons. The zero-order chi connectivity index (χ0) is 31.7. The zero-order valence-corrected chi connectivity index (χ0v) is 26.8. The molecule has 0 bridgehead atoms. The number of aliphatic hydroxyl groups is 1. The van der Waals surface area contributed by atoms with Crippen LogP contribution in [-0.2, 0) is 24.4 Å². The summed E-state index contributed by atoms with van der Waals surface area (Å²) < 4.78 is 7.53. The van der Waals surface area contributed by atoms with Crippen molar-refractivity contribution in [2.45, 2.75) is 71.4 Å². The van der Waals surface area contributed by atoms with Crippen LogP contribution in [0.4, 0.5) is 4.79 Å². The minimum absolute atomic E-state index is 0.147. The van der Waals surface area contributed by atoms with Gasteiger partial charge in [0.15, 0.2) is 0 Å². The highest BCUT2D eigenvalue weighted by molar-refractivity contribution is 6.07. The molecule has 8 nitrogen and oxygen atoms in total. The number of carbonyl (C=O) groups is 2. The maximum absolute atomic E-state index is 13.8. The van der Waals surface area contributed by atoms with E-state index >= 15 is 0 Å². The van der Waals surface area contributed by atoms with Crippen molar-refractivity contribution in [1.82, 2.24) is 19.7 Å². The third kappa shape index (κ3) is 6.98. The monoisotopic (exact) mass is 608 g/mol. The highest BCUT2D eigenvalue weighted by atomic mass is 16.6. The molecule has 2 aliphatic heterocycles. The maximum Gasteiger partial charge on any atom is 0.419 e. The second-order valence-electron chi connectivity index (χ2n) is 13.6. The number of aliphatic hydroxyl groups excluding tert-OH is 1. The Hall–Kier alpha value is -3.98. The van der Waals surface area contributed by atoms with E-state index in [0.29, 0.717) is 36.5 Å². The number of likely N-dealkylation sites (N-methyl/N-ethyl adjacent to an activating group) is 1. The Labute approximate surface area is 265 Å². The molecule has 0 aliphatic carbocycles. The van der Waals surface area contributed by atoms with Gasteiger partial charge in [-0.1, -0.05) is 48.9 Å². The van der Waals surface area contributed by atoms with E-state index in [-0.39, 0.29) is 5.91 Å². The Kier molecular flexibility index (Phi) is 8.82. The van der Waals surface area contributed by atoms with Crippen molar-refractivity contribution in [3.63, 3.8) is 0 Å². The highest BCUT2D eigenvalue weighted by Crippen LogP contribution is 2.36. The van der Waals surface area contributed by atoms with Crippen LogP contribution in [0.25, 0.3) is 22.2 Å². The van der Waals surface area contributed by atoms with E-state index < -0.39 is 17.8 Å². The van der Waals surface area contributed by atoms with Gasteiger partial charge in [-0.3, -0.25) is 14.6 Å². The summed E-state index contributed by atoms with van der Waals surface area (Å²) in [6.07, 6.45) is 2.65. The molecule has 1 amide bonds. The van der Waals surface area contributed by atoms with Gasteiger partial charge in [-0.2, -0.15) is 0 Å². The summed E-state index contributed by atoms with van der Waals surface area (Å²) in [4.78, 5) is 31.6. The van der Waals surface area contributed by atoms with Crippen LogP contribution in [0.3, 0.4) is 0 Å². The lowest BCUT2D eigenvalue weighted by atomic mass is 9.96. The standard InChI is InChI=1S/C37H44N4O4/c1-37(2,3)45-36(44)41-31-14-13-25(23-40-15-9-6-10-16-40)17-28(31)20-32(41)30-19-26(18-29-21-38-35(43)34(29)30)22-39(4)24-33(42)27-11-7-5-8-12-27/h5,7-8,11-14,17-20,33,42H,6,9-10,15-16,21-24H2,1-4H3,(H,38,43). The normalized spacial score (nSPS) is 16.2. The average Bonchev–Trinajstić information content (AvgIpc) is 3.57. The first-order valence-corrected chi connectivity index (χ1v) is 16.0. The Morgan fingerprint density at radius 2 is 1.76 bits per heavy atom. The molecule has 1 atom stereocenters. The maximum atomic E-state index is 13.8. The molecule has 6 rings (SSSR count). The number of carbonyl (C=O) groups excluding carboxylic acids is 2. The molecule has 1 aromatic heterocycles. The quantitative estimate of drug-likeness (QED) is 0.238. The van der Waals surface area contributed by atoms with Crippen molar-refractivity contribution in [1.29, 1.82) is 0 Å². The van der Waals surface area contributed by atoms with Crippen LogP contribution < -0.4 is 5.32 Å². The number of fused-ring (bicyclic) bond motifs is 2. The molecule has 1 unspecified atom stereocenters. The molecular weight excluding hydrogens is 564 g/mol. The summed E-state index contributed by atoms with van der Waals surface area (Å²) in [6, 6.07) is 22.0. The van der Waals surface area contributed by atoms with Gasteiger partial charge in [-0.15, -0.1) is 0 Å². The predicted molar refractivity (Wildman–Crippen MR) is 177 cm³/mol. The fraction of sp³-hybridized carbons (Fsp3) is 0.405. The van der Waals surface area contributed by atoms with Gasteiger partial charge in [0, 0.05) is 37.1 Å². The minimum atomic E-state index is -0.692. The van der Waals surface area contributed by atoms with Gasteiger partial charge in [-0.05, 0) is 100 Å². The van der Waals surface area contributed by atoms with Gasteiger partial charge in [0.1, 0.15) is 5.60 Å². The summed E-state index contributed by atoms with van der Waals surface area (Å²) in [7, 11) is 1.98. The summed E-state index contributed by atoms with van der Waals surface area (Å²) >= 11 is 0. The zero-order valence-electron chi connectivity index (χ0n) is 26.8. The molecule has 2 aliphatic rings. The topological polar surface area (TPSA) is 87.0 Å². The number of aromatic nitrogens is 1. The van der Waals surface area contributed by atoms with E-state index in [0.717, 1.165) is 47.2 Å². The molecule has 0 radical (unpaired) electrons. The number of ether oxygens (including phenoxy) is 1. The van der Waals surface area contributed by atoms with Gasteiger partial charge in [0.25, 0.3) is 5.91 Å². The lowest BCUT2D eigenvalue weighted by Crippen LogP contribution is -2.29. The van der Waals surface area contributed by atoms with E-state index in [1.165, 1.54) is 24.8 Å². The second-order valence-corrected chi connectivity index (χ2v) is 13.6. The van der Waals surface area contributed by atoms with E-state index in [1.54, 1.807) is 4.57 Å². The number of amides is 1. The molecule has 0 saturated carbocycles. The highest BCUT2D eigenvalue weighted by Gasteiger charge is 2.29. The number of hydrogen-bond donors (Lipinski definition) is 2. The third-order valence-electron chi connectivity index (χ3n) is 8.64. The molecule has 4 aromatic rings. The summed E-state index contributed by atoms with van der Waals surface area (Å²) in [5.41, 5.74) is 5.96. The Morgan fingerprint density at radius 3 is 2.49 bits per heavy atom. The van der Waals surface area contributed by atoms with Crippen LogP contribution in [0.2, 0.25) is 0 Å². The lowest BCUT2D eigenvalue weighted by Gasteiger charge is -2.26. The van der Waals surface area contributed by atoms with E-state index in [9.17, 15) is 14.7 Å². The fourth-order valence-corrected chi connectivity index (χ4v) is 6.63. The van der Waals surface area contributed by atoms with Gasteiger partial charge < -0.3 is 15.2 Å². The SMILES string of the molecule is CN(Cc1cc2c(c(-c3cc4cc(CN5CCCCC5)ccc4n3C(=O)OC(C)(C)C)c1)C(=O)NC2)CC(O)c1ccccc1. The van der Waals surface area contributed by atoms with Gasteiger partial charge >= 0.3 is 6.09 Å². The molecule has 45 heavy (non-hydrogen) atoms. The van der Waals surface area contributed by atoms with Crippen LogP contribution >= 0.6 is 0 Å². The van der Waals surface area contributed by atoms with Crippen LogP contribution in [0, 0.1) is 0 Å². The Morgan fingerprint density at radius 1 is 1.00 bits per heavy atom. The molecule has 1 fully saturated rings. The van der Waals surface area contributed by atoms with E-state index in [4.69, 9.17) is 4.74 Å². The second kappa shape index (κ2) is 12.8. The fourth-order valence-electron chi connectivity index (χ4n) is 6.63. The Bertz CT molecular complexity index is 1700. The van der Waals surface area contributed by atoms with E-state index in [1.807, 2.05) is 76.3 Å². The van der Waals surface area contributed by atoms with Crippen molar-refractivity contribution in [3.8, 4) is 11.3 Å². The third-order valence-corrected chi connectivity index (χ3v) is 8.64. The largest absolute Gasteiger partial charge is 0.443 e. The molecular formula is C37H44N4O4. The van der Waals surface area contributed by atoms with E-state index in [2.05, 4.69) is 33.3 Å². The first-order chi connectivity index (χ1) is 21.6. The number of hydrogen-bond acceptors (Lipinski definition) is 6. The summed E-state index contributed by atoms with van der Waals surface area (Å²) in [5, 5.41) is 14.8. The van der Waals surface area contributed by atoms with Crippen LogP contribution in [-0.4, -0.2) is 63.8 Å². The number of rotatable bonds is 8. The van der Waals surface area contributed by atoms with Gasteiger partial charge in [0.2, 0.25) is 0 Å². The molecule has 8 heteroatoms. The van der Waals surface area contributed by atoms with Crippen LogP contribution in [0.1, 0.15) is 78.7 Å². The number of likely N-dealkylation sites (tertiary alicyclic amines) is 1. The molecule has 3 aromatic carbocycles. The molecule has 3 heterocycles. The Balaban J connectivity index is 1.39. The lowest BCUT2D eigenvalue weighted by molar-refractivity contribution is 0.0546. The van der Waals surface area contributed by atoms with Gasteiger partial charge in [0.05, 0.1) is 22.9 Å². The molecule has 0 spiro atoms. The van der Waals surface area contributed by atoms with Crippen LogP contribution in [0.15, 0.2) is 66.7 Å². The van der Waals surface area contributed by atoms with Gasteiger partial charge in [-0.25, -0.2) is 9.36 Å². The smallest absolute Gasteiger partial charge is 0.419 e. The first kappa shape index (κ1) is 31.0. The molecule has 1 saturated heterocycles. The number of nitrogens with zero attached hydrogens (tertiary/aromatic N) is 3. The van der Waals surface area contributed by atoms with Crippen molar-refractivity contribution in [3.05, 3.63) is 94.5 Å². The summed E-state index contributed by atoms with van der Waals surface area (Å²) in [6.45, 7) is 10.1. The molecule has 2 N–H and O–H groups in total. The van der Waals surface area contributed by atoms with Crippen LogP contribution in [0.5, 0.6) is 0 Å². The van der Waals surface area contributed by atoms with Crippen molar-refractivity contribution in [2.24, 2.45) is 0 Å². The van der Waals surface area contributed by atoms with Crippen molar-refractivity contribution in [2.75, 3.05) is 26.7 Å². The minimum Gasteiger partial charge on any atom is -0.443 e. The number of benzene rings is 3. The predicted octanol–water partition coefficient (Wildman–Crippen LogP) is 6.49. The number of nitrogens with one attached hydrogen (secondary N) is 1. The average molecular weight is 609 g/mol. The van der Waals surface area contributed by atoms with Crippen molar-refractivity contribution < 1.29 is 19.4 Å². The summed E-state index contributed by atoms with van der Waals surface area (Å²) in [5.74, 6) is -0.147. The first-order valence-electron chi connectivity index (χ1n) is 16.0. The number of piperidine rings is 1.